The second-order valence-corrected chi connectivity index (χ2v) is 4.91. The van der Waals surface area contributed by atoms with Crippen molar-refractivity contribution in [3.63, 3.8) is 0 Å². The van der Waals surface area contributed by atoms with Crippen molar-refractivity contribution in [2.75, 3.05) is 0 Å². The Labute approximate surface area is 132 Å². The minimum absolute atomic E-state index is 0.0123. The molecule has 1 heterocycles. The molecule has 0 radical (unpaired) electrons. The van der Waals surface area contributed by atoms with Crippen LogP contribution in [0.4, 0.5) is 11.4 Å². The van der Waals surface area contributed by atoms with Gasteiger partial charge in [0.2, 0.25) is 0 Å². The first-order valence-electron chi connectivity index (χ1n) is 6.56. The number of nitrogens with zero attached hydrogens (tertiary/aromatic N) is 2. The number of non-ortho nitro benzene ring substituents is 2. The summed E-state index contributed by atoms with van der Waals surface area (Å²) in [4.78, 5) is 32.4. The van der Waals surface area contributed by atoms with Gasteiger partial charge < -0.3 is 9.52 Å². The number of nitro benzene ring substituents is 2. The lowest BCUT2D eigenvalue weighted by molar-refractivity contribution is -0.394. The summed E-state index contributed by atoms with van der Waals surface area (Å²) in [6.07, 6.45) is 0. The average molecular weight is 328 g/mol. The molecule has 120 valence electrons. The first-order chi connectivity index (χ1) is 11.3. The minimum atomic E-state index is -0.776. The Hall–Kier alpha value is -3.75. The van der Waals surface area contributed by atoms with Crippen LogP contribution < -0.4 is 5.43 Å². The predicted molar refractivity (Wildman–Crippen MR) is 82.9 cm³/mol. The predicted octanol–water partition coefficient (Wildman–Crippen LogP) is 2.98. The first-order valence-corrected chi connectivity index (χ1v) is 6.56. The molecule has 0 aliphatic rings. The van der Waals surface area contributed by atoms with Crippen molar-refractivity contribution in [3.05, 3.63) is 72.9 Å². The van der Waals surface area contributed by atoms with Crippen molar-refractivity contribution in [2.24, 2.45) is 0 Å². The molecule has 0 bridgehead atoms. The number of nitro groups is 2. The molecular formula is C15H8N2O7. The number of hydrogen-bond acceptors (Lipinski definition) is 7. The summed E-state index contributed by atoms with van der Waals surface area (Å²) in [5.41, 5.74) is -1.37. The molecule has 0 saturated heterocycles. The molecular weight excluding hydrogens is 320 g/mol. The van der Waals surface area contributed by atoms with E-state index in [1.807, 2.05) is 0 Å². The number of fused-ring (bicyclic) bond motifs is 1. The topological polar surface area (TPSA) is 137 Å². The molecule has 0 amide bonds. The van der Waals surface area contributed by atoms with Crippen LogP contribution in [0.15, 0.2) is 51.7 Å². The fourth-order valence-electron chi connectivity index (χ4n) is 2.23. The zero-order valence-electron chi connectivity index (χ0n) is 11.8. The Morgan fingerprint density at radius 2 is 1.54 bits per heavy atom. The van der Waals surface area contributed by atoms with Crippen LogP contribution in [0.25, 0.3) is 22.3 Å². The molecule has 9 nitrogen and oxygen atoms in total. The molecule has 0 atom stereocenters. The Morgan fingerprint density at radius 1 is 0.917 bits per heavy atom. The molecule has 24 heavy (non-hydrogen) atoms. The lowest BCUT2D eigenvalue weighted by Gasteiger charge is -2.04. The van der Waals surface area contributed by atoms with Crippen molar-refractivity contribution in [1.29, 1.82) is 0 Å². The Kier molecular flexibility index (Phi) is 3.45. The van der Waals surface area contributed by atoms with E-state index in [1.165, 1.54) is 18.2 Å². The number of rotatable bonds is 3. The molecule has 0 unspecified atom stereocenters. The summed E-state index contributed by atoms with van der Waals surface area (Å²) in [6.45, 7) is 0. The maximum atomic E-state index is 12.1. The van der Waals surface area contributed by atoms with Gasteiger partial charge >= 0.3 is 0 Å². The van der Waals surface area contributed by atoms with Gasteiger partial charge in [0.25, 0.3) is 11.4 Å². The molecule has 0 aliphatic heterocycles. The van der Waals surface area contributed by atoms with Crippen LogP contribution >= 0.6 is 0 Å². The van der Waals surface area contributed by atoms with Crippen molar-refractivity contribution in [3.8, 4) is 17.1 Å². The summed E-state index contributed by atoms with van der Waals surface area (Å²) in [7, 11) is 0. The van der Waals surface area contributed by atoms with Crippen LogP contribution in [0.2, 0.25) is 0 Å². The Balaban J connectivity index is 2.28. The van der Waals surface area contributed by atoms with Crippen molar-refractivity contribution in [2.45, 2.75) is 0 Å². The van der Waals surface area contributed by atoms with Gasteiger partial charge in [-0.2, -0.15) is 0 Å². The number of phenols is 1. The maximum Gasteiger partial charge on any atom is 0.277 e. The van der Waals surface area contributed by atoms with Crippen LogP contribution in [0, 0.1) is 20.2 Å². The van der Waals surface area contributed by atoms with E-state index >= 15 is 0 Å². The standard InChI is InChI=1S/C15H8N2O7/c18-11-1-2-12-13(19)7-14(24-15(12)6-11)8-3-9(16(20)21)5-10(4-8)17(22)23/h1-7,18H. The Morgan fingerprint density at radius 3 is 2.12 bits per heavy atom. The minimum Gasteiger partial charge on any atom is -0.508 e. The van der Waals surface area contributed by atoms with Crippen molar-refractivity contribution in [1.82, 2.24) is 0 Å². The van der Waals surface area contributed by atoms with Gasteiger partial charge in [0.05, 0.1) is 21.3 Å². The van der Waals surface area contributed by atoms with Crippen molar-refractivity contribution < 1.29 is 19.4 Å². The number of hydrogen-bond donors (Lipinski definition) is 1. The molecule has 3 rings (SSSR count). The van der Waals surface area contributed by atoms with Gasteiger partial charge in [-0.15, -0.1) is 0 Å². The second kappa shape index (κ2) is 5.47. The summed E-state index contributed by atoms with van der Waals surface area (Å²) in [5.74, 6) is -0.210. The average Bonchev–Trinajstić information content (AvgIpc) is 2.53. The highest BCUT2D eigenvalue weighted by molar-refractivity contribution is 5.80. The second-order valence-electron chi connectivity index (χ2n) is 4.91. The van der Waals surface area contributed by atoms with Crippen LogP contribution in [-0.4, -0.2) is 15.0 Å². The van der Waals surface area contributed by atoms with E-state index in [0.29, 0.717) is 0 Å². The summed E-state index contributed by atoms with van der Waals surface area (Å²) in [6, 6.07) is 7.94. The molecule has 1 aromatic heterocycles. The maximum absolute atomic E-state index is 12.1. The van der Waals surface area contributed by atoms with Gasteiger partial charge in [0.15, 0.2) is 5.43 Å². The lowest BCUT2D eigenvalue weighted by atomic mass is 10.1. The molecule has 0 fully saturated rings. The first kappa shape index (κ1) is 15.2. The van der Waals surface area contributed by atoms with Crippen LogP contribution in [0.5, 0.6) is 5.75 Å². The highest BCUT2D eigenvalue weighted by Gasteiger charge is 2.19. The van der Waals surface area contributed by atoms with Gasteiger partial charge in [0, 0.05) is 29.8 Å². The Bertz CT molecular complexity index is 1020. The fraction of sp³-hybridized carbons (Fsp3) is 0. The van der Waals surface area contributed by atoms with Crippen molar-refractivity contribution >= 4 is 22.3 Å². The molecule has 0 saturated carbocycles. The number of aromatic hydroxyl groups is 1. The van der Waals surface area contributed by atoms with E-state index in [9.17, 15) is 30.1 Å². The fourth-order valence-corrected chi connectivity index (χ4v) is 2.23. The highest BCUT2D eigenvalue weighted by Crippen LogP contribution is 2.31. The highest BCUT2D eigenvalue weighted by atomic mass is 16.6. The normalized spacial score (nSPS) is 10.7. The van der Waals surface area contributed by atoms with E-state index in [4.69, 9.17) is 4.42 Å². The number of benzene rings is 2. The number of phenolic OH excluding ortho intramolecular Hbond substituents is 1. The van der Waals surface area contributed by atoms with Gasteiger partial charge in [-0.1, -0.05) is 0 Å². The zero-order chi connectivity index (χ0) is 17.4. The summed E-state index contributed by atoms with van der Waals surface area (Å²) >= 11 is 0. The van der Waals surface area contributed by atoms with Crippen LogP contribution in [0.1, 0.15) is 0 Å². The van der Waals surface area contributed by atoms with E-state index < -0.39 is 26.7 Å². The lowest BCUT2D eigenvalue weighted by Crippen LogP contribution is -2.00. The SMILES string of the molecule is O=c1cc(-c2cc([N+](=O)[O-])cc([N+](=O)[O-])c2)oc2cc(O)ccc12. The van der Waals surface area contributed by atoms with Crippen LogP contribution in [0.3, 0.4) is 0 Å². The molecule has 0 aliphatic carbocycles. The van der Waals surface area contributed by atoms with Gasteiger partial charge in [-0.3, -0.25) is 25.0 Å². The smallest absolute Gasteiger partial charge is 0.277 e. The van der Waals surface area contributed by atoms with Gasteiger partial charge in [-0.05, 0) is 12.1 Å². The van der Waals surface area contributed by atoms with E-state index in [0.717, 1.165) is 24.3 Å². The molecule has 3 aromatic rings. The van der Waals surface area contributed by atoms with E-state index in [2.05, 4.69) is 0 Å². The molecule has 2 aromatic carbocycles. The third kappa shape index (κ3) is 2.65. The summed E-state index contributed by atoms with van der Waals surface area (Å²) in [5, 5.41) is 31.6. The van der Waals surface area contributed by atoms with E-state index in [-0.39, 0.29) is 28.0 Å². The molecule has 9 heteroatoms. The van der Waals surface area contributed by atoms with E-state index in [1.54, 1.807) is 0 Å². The van der Waals surface area contributed by atoms with Gasteiger partial charge in [0.1, 0.15) is 17.1 Å². The van der Waals surface area contributed by atoms with Gasteiger partial charge in [-0.25, -0.2) is 0 Å². The summed E-state index contributed by atoms with van der Waals surface area (Å²) < 4.78 is 5.47. The zero-order valence-corrected chi connectivity index (χ0v) is 11.8. The third-order valence-electron chi connectivity index (χ3n) is 3.32. The quantitative estimate of drug-likeness (QED) is 0.576. The molecule has 0 spiro atoms. The third-order valence-corrected chi connectivity index (χ3v) is 3.32. The molecule has 1 N–H and O–H groups in total. The largest absolute Gasteiger partial charge is 0.508 e. The van der Waals surface area contributed by atoms with Crippen LogP contribution in [-0.2, 0) is 0 Å². The monoisotopic (exact) mass is 328 g/mol.